The minimum absolute atomic E-state index is 0.244. The molecule has 1 aliphatic heterocycles. The van der Waals surface area contributed by atoms with E-state index in [9.17, 15) is 0 Å². The summed E-state index contributed by atoms with van der Waals surface area (Å²) in [5.74, 6) is 0. The van der Waals surface area contributed by atoms with E-state index in [2.05, 4.69) is 71.6 Å². The third-order valence-corrected chi connectivity index (χ3v) is 4.68. The van der Waals surface area contributed by atoms with Crippen molar-refractivity contribution in [1.82, 2.24) is 0 Å². The predicted molar refractivity (Wildman–Crippen MR) is 93.2 cm³/mol. The third-order valence-electron chi connectivity index (χ3n) is 4.68. The van der Waals surface area contributed by atoms with Crippen LogP contribution < -0.4 is 10.6 Å². The lowest BCUT2D eigenvalue weighted by molar-refractivity contribution is 0.650. The van der Waals surface area contributed by atoms with Gasteiger partial charge in [0.25, 0.3) is 0 Å². The largest absolute Gasteiger partial charge is 0.363 e. The van der Waals surface area contributed by atoms with Gasteiger partial charge in [-0.25, -0.2) is 0 Å². The summed E-state index contributed by atoms with van der Waals surface area (Å²) in [4.78, 5) is 2.46. The molecule has 3 aromatic rings. The van der Waals surface area contributed by atoms with Crippen LogP contribution >= 0.6 is 0 Å². The minimum atomic E-state index is 0.244. The van der Waals surface area contributed by atoms with E-state index in [0.717, 1.165) is 13.0 Å². The van der Waals surface area contributed by atoms with E-state index in [1.165, 1.54) is 27.6 Å². The molecule has 110 valence electrons. The molecule has 1 atom stereocenters. The second-order valence-corrected chi connectivity index (χ2v) is 5.93. The maximum absolute atomic E-state index is 6.14. The highest BCUT2D eigenvalue weighted by atomic mass is 15.2. The van der Waals surface area contributed by atoms with Gasteiger partial charge < -0.3 is 10.6 Å². The summed E-state index contributed by atoms with van der Waals surface area (Å²) in [6.45, 7) is 1.68. The van der Waals surface area contributed by atoms with Crippen LogP contribution in [0.25, 0.3) is 10.8 Å². The average molecular weight is 288 g/mol. The topological polar surface area (TPSA) is 29.3 Å². The highest BCUT2D eigenvalue weighted by molar-refractivity contribution is 5.83. The molecular formula is C20H20N2. The monoisotopic (exact) mass is 288 g/mol. The number of nitrogens with zero attached hydrogens (tertiary/aromatic N) is 1. The Balaban J connectivity index is 1.75. The molecular weight excluding hydrogens is 268 g/mol. The fourth-order valence-electron chi connectivity index (χ4n) is 3.55. The lowest BCUT2D eigenvalue weighted by Gasteiger charge is -2.30. The SMILES string of the molecule is NCC(c1ccc2ccccc2c1)N1CCc2ccccc21. The molecule has 0 aliphatic carbocycles. The molecule has 0 radical (unpaired) electrons. The van der Waals surface area contributed by atoms with Crippen molar-refractivity contribution >= 4 is 16.5 Å². The van der Waals surface area contributed by atoms with Gasteiger partial charge in [0.15, 0.2) is 0 Å². The third kappa shape index (κ3) is 2.16. The molecule has 0 bridgehead atoms. The number of nitrogens with two attached hydrogens (primary N) is 1. The van der Waals surface area contributed by atoms with Crippen LogP contribution in [0.4, 0.5) is 5.69 Å². The summed E-state index contributed by atoms with van der Waals surface area (Å²) in [6.07, 6.45) is 1.11. The van der Waals surface area contributed by atoms with E-state index in [0.29, 0.717) is 6.54 Å². The standard InChI is InChI=1S/C20H20N2/c21-14-20(22-12-11-16-6-3-4-8-19(16)22)18-10-9-15-5-1-2-7-17(15)13-18/h1-10,13,20H,11-12,14,21H2. The average Bonchev–Trinajstić information content (AvgIpc) is 3.00. The van der Waals surface area contributed by atoms with E-state index < -0.39 is 0 Å². The molecule has 0 saturated carbocycles. The van der Waals surface area contributed by atoms with E-state index >= 15 is 0 Å². The molecule has 2 nitrogen and oxygen atoms in total. The van der Waals surface area contributed by atoms with Crippen LogP contribution in [-0.2, 0) is 6.42 Å². The van der Waals surface area contributed by atoms with Gasteiger partial charge in [0.1, 0.15) is 0 Å². The number of hydrogen-bond acceptors (Lipinski definition) is 2. The van der Waals surface area contributed by atoms with E-state index in [4.69, 9.17) is 5.73 Å². The molecule has 0 aromatic heterocycles. The van der Waals surface area contributed by atoms with Crippen LogP contribution in [0.1, 0.15) is 17.2 Å². The zero-order valence-electron chi connectivity index (χ0n) is 12.6. The van der Waals surface area contributed by atoms with Gasteiger partial charge in [0.2, 0.25) is 0 Å². The Morgan fingerprint density at radius 3 is 2.55 bits per heavy atom. The first-order valence-electron chi connectivity index (χ1n) is 7.90. The summed E-state index contributed by atoms with van der Waals surface area (Å²) in [7, 11) is 0. The van der Waals surface area contributed by atoms with Crippen LogP contribution in [0.3, 0.4) is 0 Å². The van der Waals surface area contributed by atoms with Crippen molar-refractivity contribution in [2.24, 2.45) is 5.73 Å². The fraction of sp³-hybridized carbons (Fsp3) is 0.200. The summed E-state index contributed by atoms with van der Waals surface area (Å²) in [5.41, 5.74) is 10.2. The van der Waals surface area contributed by atoms with Crippen molar-refractivity contribution in [3.63, 3.8) is 0 Å². The van der Waals surface area contributed by atoms with Gasteiger partial charge in [-0.1, -0.05) is 54.6 Å². The number of para-hydroxylation sites is 1. The normalized spacial score (nSPS) is 15.0. The van der Waals surface area contributed by atoms with Crippen molar-refractivity contribution < 1.29 is 0 Å². The Hall–Kier alpha value is -2.32. The molecule has 0 fully saturated rings. The molecule has 2 heteroatoms. The van der Waals surface area contributed by atoms with Gasteiger partial charge in [-0.3, -0.25) is 0 Å². The fourth-order valence-corrected chi connectivity index (χ4v) is 3.55. The Labute approximate surface area is 131 Å². The van der Waals surface area contributed by atoms with Crippen LogP contribution in [0.5, 0.6) is 0 Å². The van der Waals surface area contributed by atoms with Crippen molar-refractivity contribution in [3.05, 3.63) is 77.9 Å². The maximum Gasteiger partial charge on any atom is 0.0665 e. The zero-order valence-corrected chi connectivity index (χ0v) is 12.6. The van der Waals surface area contributed by atoms with Crippen LogP contribution in [0, 0.1) is 0 Å². The van der Waals surface area contributed by atoms with Crippen molar-refractivity contribution in [1.29, 1.82) is 0 Å². The van der Waals surface area contributed by atoms with Gasteiger partial charge >= 0.3 is 0 Å². The summed E-state index contributed by atoms with van der Waals surface area (Å²) < 4.78 is 0. The zero-order chi connectivity index (χ0) is 14.9. The van der Waals surface area contributed by atoms with E-state index in [1.54, 1.807) is 0 Å². The molecule has 1 unspecified atom stereocenters. The lowest BCUT2D eigenvalue weighted by Crippen LogP contribution is -2.32. The molecule has 0 saturated heterocycles. The van der Waals surface area contributed by atoms with E-state index in [-0.39, 0.29) is 6.04 Å². The number of anilines is 1. The molecule has 1 heterocycles. The second kappa shape index (κ2) is 5.47. The van der Waals surface area contributed by atoms with Gasteiger partial charge in [-0.15, -0.1) is 0 Å². The maximum atomic E-state index is 6.14. The first-order chi connectivity index (χ1) is 10.9. The number of benzene rings is 3. The van der Waals surface area contributed by atoms with Crippen LogP contribution in [0.15, 0.2) is 66.7 Å². The molecule has 3 aromatic carbocycles. The second-order valence-electron chi connectivity index (χ2n) is 5.93. The number of fused-ring (bicyclic) bond motifs is 2. The molecule has 0 amide bonds. The molecule has 0 spiro atoms. The van der Waals surface area contributed by atoms with Crippen molar-refractivity contribution in [3.8, 4) is 0 Å². The Kier molecular flexibility index (Phi) is 3.32. The lowest BCUT2D eigenvalue weighted by atomic mass is 10.0. The van der Waals surface area contributed by atoms with Gasteiger partial charge in [0, 0.05) is 18.8 Å². The predicted octanol–water partition coefficient (Wildman–Crippen LogP) is 3.90. The summed E-state index contributed by atoms with van der Waals surface area (Å²) in [5, 5.41) is 2.56. The van der Waals surface area contributed by atoms with Gasteiger partial charge in [-0.05, 0) is 40.5 Å². The van der Waals surface area contributed by atoms with E-state index in [1.807, 2.05) is 0 Å². The Bertz CT molecular complexity index is 809. The highest BCUT2D eigenvalue weighted by Gasteiger charge is 2.26. The quantitative estimate of drug-likeness (QED) is 0.792. The smallest absolute Gasteiger partial charge is 0.0665 e. The summed E-state index contributed by atoms with van der Waals surface area (Å²) in [6, 6.07) is 24.1. The number of hydrogen-bond donors (Lipinski definition) is 1. The van der Waals surface area contributed by atoms with Crippen molar-refractivity contribution in [2.75, 3.05) is 18.0 Å². The molecule has 4 rings (SSSR count). The summed E-state index contributed by atoms with van der Waals surface area (Å²) >= 11 is 0. The highest BCUT2D eigenvalue weighted by Crippen LogP contribution is 2.35. The van der Waals surface area contributed by atoms with Gasteiger partial charge in [0.05, 0.1) is 6.04 Å². The first-order valence-corrected chi connectivity index (χ1v) is 7.90. The van der Waals surface area contributed by atoms with Crippen LogP contribution in [-0.4, -0.2) is 13.1 Å². The Morgan fingerprint density at radius 1 is 0.909 bits per heavy atom. The van der Waals surface area contributed by atoms with Gasteiger partial charge in [-0.2, -0.15) is 0 Å². The molecule has 22 heavy (non-hydrogen) atoms. The van der Waals surface area contributed by atoms with Crippen molar-refractivity contribution in [2.45, 2.75) is 12.5 Å². The minimum Gasteiger partial charge on any atom is -0.363 e. The first kappa shape index (κ1) is 13.4. The van der Waals surface area contributed by atoms with Crippen LogP contribution in [0.2, 0.25) is 0 Å². The number of rotatable bonds is 3. The Morgan fingerprint density at radius 2 is 1.68 bits per heavy atom. The molecule has 1 aliphatic rings. The molecule has 2 N–H and O–H groups in total.